The third-order valence-electron chi connectivity index (χ3n) is 2.67. The van der Waals surface area contributed by atoms with E-state index in [4.69, 9.17) is 4.74 Å². The topological polar surface area (TPSA) is 51.2 Å². The van der Waals surface area contributed by atoms with Crippen LogP contribution in [0.3, 0.4) is 0 Å². The highest BCUT2D eigenvalue weighted by Crippen LogP contribution is 2.13. The van der Waals surface area contributed by atoms with Gasteiger partial charge in [-0.25, -0.2) is 0 Å². The third-order valence-corrected chi connectivity index (χ3v) is 2.67. The zero-order chi connectivity index (χ0) is 14.2. The molecule has 1 heterocycles. The van der Waals surface area contributed by atoms with Crippen molar-refractivity contribution in [2.24, 2.45) is 0 Å². The van der Waals surface area contributed by atoms with Gasteiger partial charge in [0.15, 0.2) is 0 Å². The summed E-state index contributed by atoms with van der Waals surface area (Å²) in [7, 11) is 0. The van der Waals surface area contributed by atoms with E-state index in [-0.39, 0.29) is 5.91 Å². The summed E-state index contributed by atoms with van der Waals surface area (Å²) in [6.07, 6.45) is 5.06. The molecule has 0 saturated carbocycles. The maximum atomic E-state index is 12.0. The van der Waals surface area contributed by atoms with E-state index in [2.05, 4.69) is 16.9 Å². The van der Waals surface area contributed by atoms with Crippen LogP contribution >= 0.6 is 0 Å². The molecule has 0 unspecified atom stereocenters. The lowest BCUT2D eigenvalue weighted by Gasteiger charge is -2.07. The Morgan fingerprint density at radius 1 is 1.30 bits per heavy atom. The monoisotopic (exact) mass is 268 g/mol. The van der Waals surface area contributed by atoms with E-state index < -0.39 is 0 Å². The summed E-state index contributed by atoms with van der Waals surface area (Å²) < 4.78 is 5.40. The van der Waals surface area contributed by atoms with Crippen LogP contribution in [0.25, 0.3) is 0 Å². The van der Waals surface area contributed by atoms with Gasteiger partial charge in [-0.1, -0.05) is 18.7 Å². The summed E-state index contributed by atoms with van der Waals surface area (Å²) in [4.78, 5) is 16.0. The maximum absolute atomic E-state index is 12.0. The van der Waals surface area contributed by atoms with Crippen LogP contribution in [0.2, 0.25) is 0 Å². The summed E-state index contributed by atoms with van der Waals surface area (Å²) in [6.45, 7) is 4.48. The molecule has 1 aromatic heterocycles. The highest BCUT2D eigenvalue weighted by molar-refractivity contribution is 5.94. The first kappa shape index (κ1) is 13.8. The number of nitrogens with zero attached hydrogens (tertiary/aromatic N) is 1. The summed E-state index contributed by atoms with van der Waals surface area (Å²) >= 11 is 0. The third kappa shape index (κ3) is 3.95. The summed E-state index contributed by atoms with van der Waals surface area (Å²) in [6, 6.07) is 10.8. The molecule has 4 nitrogen and oxygen atoms in total. The van der Waals surface area contributed by atoms with Crippen molar-refractivity contribution in [3.8, 4) is 5.75 Å². The van der Waals surface area contributed by atoms with Gasteiger partial charge in [0, 0.05) is 24.5 Å². The van der Waals surface area contributed by atoms with Crippen LogP contribution in [-0.2, 0) is 6.54 Å². The van der Waals surface area contributed by atoms with Gasteiger partial charge < -0.3 is 10.1 Å². The van der Waals surface area contributed by atoms with Crippen molar-refractivity contribution < 1.29 is 9.53 Å². The number of pyridine rings is 1. The molecule has 0 aliphatic heterocycles. The lowest BCUT2D eigenvalue weighted by Crippen LogP contribution is -2.22. The molecular weight excluding hydrogens is 252 g/mol. The van der Waals surface area contributed by atoms with E-state index in [9.17, 15) is 4.79 Å². The summed E-state index contributed by atoms with van der Waals surface area (Å²) in [5.74, 6) is 0.521. The van der Waals surface area contributed by atoms with Gasteiger partial charge in [-0.15, -0.1) is 0 Å². The van der Waals surface area contributed by atoms with Crippen molar-refractivity contribution in [2.45, 2.75) is 6.54 Å². The molecule has 0 fully saturated rings. The van der Waals surface area contributed by atoms with Gasteiger partial charge in [-0.05, 0) is 35.9 Å². The second-order valence-corrected chi connectivity index (χ2v) is 4.17. The smallest absolute Gasteiger partial charge is 0.251 e. The average molecular weight is 268 g/mol. The van der Waals surface area contributed by atoms with Crippen molar-refractivity contribution in [1.82, 2.24) is 10.3 Å². The Morgan fingerprint density at radius 2 is 2.10 bits per heavy atom. The molecule has 2 rings (SSSR count). The number of carbonyl (C=O) groups is 1. The number of hydrogen-bond donors (Lipinski definition) is 1. The zero-order valence-corrected chi connectivity index (χ0v) is 11.1. The minimum atomic E-state index is -0.133. The first-order chi connectivity index (χ1) is 9.79. The molecule has 1 N–H and O–H groups in total. The van der Waals surface area contributed by atoms with Gasteiger partial charge in [0.05, 0.1) is 0 Å². The molecule has 0 bridgehead atoms. The summed E-state index contributed by atoms with van der Waals surface area (Å²) in [5.41, 5.74) is 1.58. The van der Waals surface area contributed by atoms with Crippen LogP contribution in [0.5, 0.6) is 5.75 Å². The molecule has 0 aliphatic carbocycles. The SMILES string of the molecule is C=CCOc1cccc(C(=O)NCc2ccncc2)c1. The maximum Gasteiger partial charge on any atom is 0.251 e. The van der Waals surface area contributed by atoms with Crippen LogP contribution in [-0.4, -0.2) is 17.5 Å². The van der Waals surface area contributed by atoms with Gasteiger partial charge in [0.25, 0.3) is 5.91 Å². The lowest BCUT2D eigenvalue weighted by molar-refractivity contribution is 0.0950. The van der Waals surface area contributed by atoms with Crippen molar-refractivity contribution in [3.63, 3.8) is 0 Å². The molecule has 0 atom stereocenters. The zero-order valence-electron chi connectivity index (χ0n) is 11.1. The van der Waals surface area contributed by atoms with Crippen molar-refractivity contribution in [1.29, 1.82) is 0 Å². The van der Waals surface area contributed by atoms with Gasteiger partial charge in [-0.2, -0.15) is 0 Å². The molecule has 1 aromatic carbocycles. The van der Waals surface area contributed by atoms with Crippen molar-refractivity contribution in [3.05, 3.63) is 72.6 Å². The Labute approximate surface area is 118 Å². The Hall–Kier alpha value is -2.62. The Kier molecular flexibility index (Phi) is 4.89. The van der Waals surface area contributed by atoms with Gasteiger partial charge in [-0.3, -0.25) is 9.78 Å². The van der Waals surface area contributed by atoms with Crippen LogP contribution < -0.4 is 10.1 Å². The molecule has 0 saturated heterocycles. The number of ether oxygens (including phenoxy) is 1. The van der Waals surface area contributed by atoms with Gasteiger partial charge in [0.2, 0.25) is 0 Å². The van der Waals surface area contributed by atoms with E-state index in [0.717, 1.165) is 5.56 Å². The minimum absolute atomic E-state index is 0.133. The Bertz CT molecular complexity index is 582. The molecule has 1 amide bonds. The molecule has 0 aliphatic rings. The number of amides is 1. The fraction of sp³-hybridized carbons (Fsp3) is 0.125. The van der Waals surface area contributed by atoms with Crippen LogP contribution in [0.4, 0.5) is 0 Å². The predicted octanol–water partition coefficient (Wildman–Crippen LogP) is 2.58. The number of benzene rings is 1. The normalized spacial score (nSPS) is 9.80. The van der Waals surface area contributed by atoms with Gasteiger partial charge >= 0.3 is 0 Å². The summed E-state index contributed by atoms with van der Waals surface area (Å²) in [5, 5.41) is 2.86. The second kappa shape index (κ2) is 7.09. The first-order valence-electron chi connectivity index (χ1n) is 6.30. The average Bonchev–Trinajstić information content (AvgIpc) is 2.52. The van der Waals surface area contributed by atoms with Crippen LogP contribution in [0.1, 0.15) is 15.9 Å². The van der Waals surface area contributed by atoms with E-state index in [1.807, 2.05) is 18.2 Å². The Morgan fingerprint density at radius 3 is 2.85 bits per heavy atom. The molecule has 102 valence electrons. The molecule has 20 heavy (non-hydrogen) atoms. The quantitative estimate of drug-likeness (QED) is 0.819. The lowest BCUT2D eigenvalue weighted by atomic mass is 10.2. The first-order valence-corrected chi connectivity index (χ1v) is 6.30. The molecule has 0 radical (unpaired) electrons. The largest absolute Gasteiger partial charge is 0.490 e. The standard InChI is InChI=1S/C16H16N2O2/c1-2-10-20-15-5-3-4-14(11-15)16(19)18-12-13-6-8-17-9-7-13/h2-9,11H,1,10,12H2,(H,18,19). The van der Waals surface area contributed by atoms with Crippen molar-refractivity contribution >= 4 is 5.91 Å². The van der Waals surface area contributed by atoms with E-state index in [1.54, 1.807) is 36.7 Å². The number of rotatable bonds is 6. The van der Waals surface area contributed by atoms with E-state index in [0.29, 0.717) is 24.5 Å². The number of aromatic nitrogens is 1. The molecule has 2 aromatic rings. The Balaban J connectivity index is 1.96. The van der Waals surface area contributed by atoms with Gasteiger partial charge in [0.1, 0.15) is 12.4 Å². The molecule has 4 heteroatoms. The van der Waals surface area contributed by atoms with Crippen LogP contribution in [0, 0.1) is 0 Å². The number of carbonyl (C=O) groups excluding carboxylic acids is 1. The minimum Gasteiger partial charge on any atom is -0.490 e. The fourth-order valence-electron chi connectivity index (χ4n) is 1.67. The molecule has 0 spiro atoms. The number of hydrogen-bond acceptors (Lipinski definition) is 3. The highest BCUT2D eigenvalue weighted by Gasteiger charge is 2.06. The molecular formula is C16H16N2O2. The van der Waals surface area contributed by atoms with E-state index in [1.165, 1.54) is 0 Å². The second-order valence-electron chi connectivity index (χ2n) is 4.17. The fourth-order valence-corrected chi connectivity index (χ4v) is 1.67. The highest BCUT2D eigenvalue weighted by atomic mass is 16.5. The van der Waals surface area contributed by atoms with Crippen LogP contribution in [0.15, 0.2) is 61.4 Å². The predicted molar refractivity (Wildman–Crippen MR) is 77.5 cm³/mol. The van der Waals surface area contributed by atoms with E-state index >= 15 is 0 Å². The van der Waals surface area contributed by atoms with Crippen molar-refractivity contribution in [2.75, 3.05) is 6.61 Å². The number of nitrogens with one attached hydrogen (secondary N) is 1.